The quantitative estimate of drug-likeness (QED) is 0.859. The third kappa shape index (κ3) is 3.76. The first kappa shape index (κ1) is 15.4. The van der Waals surface area contributed by atoms with E-state index in [1.807, 2.05) is 0 Å². The molecule has 2 nitrogen and oxygen atoms in total. The summed E-state index contributed by atoms with van der Waals surface area (Å²) in [7, 11) is 2.13. The Hall–Kier alpha value is -1.00. The Labute approximate surface area is 120 Å². The van der Waals surface area contributed by atoms with Crippen LogP contribution in [0.4, 0.5) is 8.78 Å². The molecular weight excluding hydrogens is 258 g/mol. The summed E-state index contributed by atoms with van der Waals surface area (Å²) in [6.45, 7) is 3.45. The molecule has 0 heterocycles. The van der Waals surface area contributed by atoms with Gasteiger partial charge >= 0.3 is 0 Å². The van der Waals surface area contributed by atoms with Crippen molar-refractivity contribution in [1.29, 1.82) is 0 Å². The lowest BCUT2D eigenvalue weighted by Gasteiger charge is -2.25. The fraction of sp³-hybridized carbons (Fsp3) is 0.625. The van der Waals surface area contributed by atoms with E-state index in [1.54, 1.807) is 6.92 Å². The maximum atomic E-state index is 13.6. The monoisotopic (exact) mass is 282 g/mol. The van der Waals surface area contributed by atoms with E-state index in [1.165, 1.54) is 43.9 Å². The Morgan fingerprint density at radius 1 is 1.25 bits per heavy atom. The van der Waals surface area contributed by atoms with Gasteiger partial charge in [0.15, 0.2) is 0 Å². The molecule has 4 heteroatoms. The number of rotatable bonds is 6. The lowest BCUT2D eigenvalue weighted by Crippen LogP contribution is -2.36. The van der Waals surface area contributed by atoms with Gasteiger partial charge < -0.3 is 10.2 Å². The minimum atomic E-state index is -0.478. The molecule has 0 spiro atoms. The van der Waals surface area contributed by atoms with E-state index in [9.17, 15) is 8.78 Å². The van der Waals surface area contributed by atoms with Gasteiger partial charge in [0.25, 0.3) is 0 Å². The Morgan fingerprint density at radius 2 is 1.85 bits per heavy atom. The van der Waals surface area contributed by atoms with Crippen molar-refractivity contribution in [2.45, 2.75) is 44.7 Å². The van der Waals surface area contributed by atoms with Crippen LogP contribution < -0.4 is 5.32 Å². The summed E-state index contributed by atoms with van der Waals surface area (Å²) in [5, 5.41) is 3.21. The molecule has 1 atom stereocenters. The molecule has 0 aromatic heterocycles. The van der Waals surface area contributed by atoms with Crippen molar-refractivity contribution in [3.8, 4) is 0 Å². The molecule has 0 saturated heterocycles. The summed E-state index contributed by atoms with van der Waals surface area (Å²) < 4.78 is 27.3. The second kappa shape index (κ2) is 7.14. The normalized spacial score (nSPS) is 17.9. The maximum absolute atomic E-state index is 13.6. The molecule has 1 aliphatic rings. The topological polar surface area (TPSA) is 15.3 Å². The summed E-state index contributed by atoms with van der Waals surface area (Å²) in [6.07, 6.45) is 5.18. The number of benzene rings is 1. The fourth-order valence-electron chi connectivity index (χ4n) is 3.01. The SMILES string of the molecule is CC(NCCN(C)C1CCCC1)c1c(F)cccc1F. The number of nitrogens with zero attached hydrogens (tertiary/aromatic N) is 1. The zero-order chi connectivity index (χ0) is 14.5. The molecule has 1 aromatic rings. The van der Waals surface area contributed by atoms with E-state index in [0.717, 1.165) is 13.1 Å². The van der Waals surface area contributed by atoms with Gasteiger partial charge in [-0.3, -0.25) is 0 Å². The van der Waals surface area contributed by atoms with Crippen LogP contribution in [0.15, 0.2) is 18.2 Å². The van der Waals surface area contributed by atoms with Gasteiger partial charge in [-0.1, -0.05) is 18.9 Å². The van der Waals surface area contributed by atoms with E-state index in [-0.39, 0.29) is 11.6 Å². The standard InChI is InChI=1S/C16H24F2N2/c1-12(16-14(17)8-5-9-15(16)18)19-10-11-20(2)13-6-3-4-7-13/h5,8-9,12-13,19H,3-4,6-7,10-11H2,1-2H3. The average Bonchev–Trinajstić information content (AvgIpc) is 2.92. The van der Waals surface area contributed by atoms with Gasteiger partial charge in [0.1, 0.15) is 11.6 Å². The highest BCUT2D eigenvalue weighted by molar-refractivity contribution is 5.22. The summed E-state index contributed by atoms with van der Waals surface area (Å²) in [4.78, 5) is 2.35. The average molecular weight is 282 g/mol. The van der Waals surface area contributed by atoms with E-state index >= 15 is 0 Å². The van der Waals surface area contributed by atoms with E-state index < -0.39 is 11.6 Å². The minimum Gasteiger partial charge on any atom is -0.309 e. The van der Waals surface area contributed by atoms with Gasteiger partial charge in [-0.2, -0.15) is 0 Å². The molecule has 1 fully saturated rings. The fourth-order valence-corrected chi connectivity index (χ4v) is 3.01. The first-order chi connectivity index (χ1) is 9.59. The van der Waals surface area contributed by atoms with Crippen LogP contribution in [0.2, 0.25) is 0 Å². The number of hydrogen-bond acceptors (Lipinski definition) is 2. The summed E-state index contributed by atoms with van der Waals surface area (Å²) in [6, 6.07) is 4.38. The molecule has 0 bridgehead atoms. The van der Waals surface area contributed by atoms with Gasteiger partial charge in [-0.25, -0.2) is 8.78 Å². The van der Waals surface area contributed by atoms with Crippen LogP contribution >= 0.6 is 0 Å². The van der Waals surface area contributed by atoms with Gasteiger partial charge in [0, 0.05) is 30.7 Å². The van der Waals surface area contributed by atoms with Crippen LogP contribution in [0.1, 0.15) is 44.2 Å². The van der Waals surface area contributed by atoms with E-state index in [4.69, 9.17) is 0 Å². The van der Waals surface area contributed by atoms with Crippen LogP contribution in [0.5, 0.6) is 0 Å². The van der Waals surface area contributed by atoms with Gasteiger partial charge in [-0.15, -0.1) is 0 Å². The number of hydrogen-bond donors (Lipinski definition) is 1. The third-order valence-corrected chi connectivity index (χ3v) is 4.30. The molecule has 112 valence electrons. The molecule has 1 aliphatic carbocycles. The summed E-state index contributed by atoms with van der Waals surface area (Å²) >= 11 is 0. The second-order valence-corrected chi connectivity index (χ2v) is 5.73. The minimum absolute atomic E-state index is 0.135. The van der Waals surface area contributed by atoms with Crippen LogP contribution in [0, 0.1) is 11.6 Å². The highest BCUT2D eigenvalue weighted by Crippen LogP contribution is 2.22. The Balaban J connectivity index is 1.81. The third-order valence-electron chi connectivity index (χ3n) is 4.30. The zero-order valence-electron chi connectivity index (χ0n) is 12.3. The second-order valence-electron chi connectivity index (χ2n) is 5.73. The van der Waals surface area contributed by atoms with Crippen LogP contribution in [0.3, 0.4) is 0 Å². The van der Waals surface area contributed by atoms with E-state index in [0.29, 0.717) is 6.04 Å². The smallest absolute Gasteiger partial charge is 0.130 e. The molecule has 1 aromatic carbocycles. The van der Waals surface area contributed by atoms with Crippen LogP contribution in [-0.4, -0.2) is 31.1 Å². The van der Waals surface area contributed by atoms with Crippen molar-refractivity contribution >= 4 is 0 Å². The van der Waals surface area contributed by atoms with Gasteiger partial charge in [-0.05, 0) is 38.9 Å². The van der Waals surface area contributed by atoms with Crippen molar-refractivity contribution < 1.29 is 8.78 Å². The lowest BCUT2D eigenvalue weighted by molar-refractivity contribution is 0.242. The van der Waals surface area contributed by atoms with Crippen molar-refractivity contribution in [1.82, 2.24) is 10.2 Å². The highest BCUT2D eigenvalue weighted by Gasteiger charge is 2.20. The first-order valence-electron chi connectivity index (χ1n) is 7.47. The van der Waals surface area contributed by atoms with Crippen molar-refractivity contribution in [3.63, 3.8) is 0 Å². The summed E-state index contributed by atoms with van der Waals surface area (Å²) in [5.41, 5.74) is 0.135. The van der Waals surface area contributed by atoms with Crippen molar-refractivity contribution in [2.75, 3.05) is 20.1 Å². The summed E-state index contributed by atoms with van der Waals surface area (Å²) in [5.74, 6) is -0.955. The molecule has 1 unspecified atom stereocenters. The van der Waals surface area contributed by atoms with Crippen molar-refractivity contribution in [3.05, 3.63) is 35.4 Å². The Bertz CT molecular complexity index is 410. The molecule has 0 radical (unpaired) electrons. The Kier molecular flexibility index (Phi) is 5.49. The predicted octanol–water partition coefficient (Wildman–Crippen LogP) is 3.49. The van der Waals surface area contributed by atoms with E-state index in [2.05, 4.69) is 17.3 Å². The lowest BCUT2D eigenvalue weighted by atomic mass is 10.1. The zero-order valence-corrected chi connectivity index (χ0v) is 12.3. The predicted molar refractivity (Wildman–Crippen MR) is 77.7 cm³/mol. The first-order valence-corrected chi connectivity index (χ1v) is 7.47. The van der Waals surface area contributed by atoms with Crippen molar-refractivity contribution in [2.24, 2.45) is 0 Å². The molecular formula is C16H24F2N2. The van der Waals surface area contributed by atoms with Crippen LogP contribution in [-0.2, 0) is 0 Å². The van der Waals surface area contributed by atoms with Crippen LogP contribution in [0.25, 0.3) is 0 Å². The highest BCUT2D eigenvalue weighted by atomic mass is 19.1. The molecule has 20 heavy (non-hydrogen) atoms. The Morgan fingerprint density at radius 3 is 2.45 bits per heavy atom. The number of halogens is 2. The van der Waals surface area contributed by atoms with Gasteiger partial charge in [0.05, 0.1) is 0 Å². The molecule has 0 amide bonds. The largest absolute Gasteiger partial charge is 0.309 e. The molecule has 0 aliphatic heterocycles. The number of nitrogens with one attached hydrogen (secondary N) is 1. The molecule has 1 N–H and O–H groups in total. The molecule has 1 saturated carbocycles. The number of likely N-dealkylation sites (N-methyl/N-ethyl adjacent to an activating group) is 1. The van der Waals surface area contributed by atoms with Gasteiger partial charge in [0.2, 0.25) is 0 Å². The maximum Gasteiger partial charge on any atom is 0.130 e. The molecule has 2 rings (SSSR count).